The molecule has 0 saturated heterocycles. The lowest BCUT2D eigenvalue weighted by atomic mass is 10.2. The summed E-state index contributed by atoms with van der Waals surface area (Å²) >= 11 is 3.26. The molecule has 1 N–H and O–H groups in total. The van der Waals surface area contributed by atoms with Crippen molar-refractivity contribution in [2.75, 3.05) is 5.32 Å². The smallest absolute Gasteiger partial charge is 0.146 e. The van der Waals surface area contributed by atoms with E-state index in [4.69, 9.17) is 0 Å². The molecule has 5 heteroatoms. The summed E-state index contributed by atoms with van der Waals surface area (Å²) in [6, 6.07) is 5.96. The molecule has 2 nitrogen and oxygen atoms in total. The molecule has 0 aliphatic carbocycles. The molecule has 0 atom stereocenters. The Labute approximate surface area is 106 Å². The van der Waals surface area contributed by atoms with Crippen LogP contribution in [0.1, 0.15) is 5.56 Å². The second-order valence-corrected chi connectivity index (χ2v) is 4.40. The van der Waals surface area contributed by atoms with Gasteiger partial charge in [0.15, 0.2) is 0 Å². The first kappa shape index (κ1) is 12.0. The summed E-state index contributed by atoms with van der Waals surface area (Å²) in [6.07, 6.45) is 2.66. The van der Waals surface area contributed by atoms with Crippen LogP contribution in [0.5, 0.6) is 0 Å². The highest BCUT2D eigenvalue weighted by atomic mass is 79.9. The minimum atomic E-state index is -0.404. The fourth-order valence-electron chi connectivity index (χ4n) is 1.38. The van der Waals surface area contributed by atoms with Crippen LogP contribution in [-0.4, -0.2) is 4.98 Å². The quantitative estimate of drug-likeness (QED) is 0.934. The standard InChI is InChI=1S/C12H9BrF2N2/c13-9-1-2-11(15)12(4-9)17-6-8-3-10(14)7-16-5-8/h1-5,7,17H,6H2. The molecule has 0 spiro atoms. The first-order valence-corrected chi connectivity index (χ1v) is 5.73. The third-order valence-corrected chi connectivity index (χ3v) is 2.67. The number of aromatic nitrogens is 1. The van der Waals surface area contributed by atoms with Gasteiger partial charge in [-0.1, -0.05) is 15.9 Å². The number of pyridine rings is 1. The van der Waals surface area contributed by atoms with Gasteiger partial charge in [-0.15, -0.1) is 0 Å². The topological polar surface area (TPSA) is 24.9 Å². The lowest BCUT2D eigenvalue weighted by Gasteiger charge is -2.07. The Morgan fingerprint density at radius 2 is 2.00 bits per heavy atom. The van der Waals surface area contributed by atoms with Gasteiger partial charge in [-0.05, 0) is 29.8 Å². The van der Waals surface area contributed by atoms with E-state index in [1.54, 1.807) is 12.1 Å². The molecule has 1 aromatic carbocycles. The summed E-state index contributed by atoms with van der Waals surface area (Å²) in [5, 5.41) is 2.89. The minimum absolute atomic E-state index is 0.318. The predicted octanol–water partition coefficient (Wildman–Crippen LogP) is 3.73. The van der Waals surface area contributed by atoms with Gasteiger partial charge in [-0.3, -0.25) is 4.98 Å². The fraction of sp³-hybridized carbons (Fsp3) is 0.0833. The molecule has 0 unspecified atom stereocenters. The third-order valence-electron chi connectivity index (χ3n) is 2.17. The predicted molar refractivity (Wildman–Crippen MR) is 65.6 cm³/mol. The fourth-order valence-corrected chi connectivity index (χ4v) is 1.74. The van der Waals surface area contributed by atoms with Crippen LogP contribution in [0.2, 0.25) is 0 Å². The molecule has 0 saturated carbocycles. The van der Waals surface area contributed by atoms with E-state index >= 15 is 0 Å². The van der Waals surface area contributed by atoms with Gasteiger partial charge >= 0.3 is 0 Å². The maximum atomic E-state index is 13.4. The van der Waals surface area contributed by atoms with Crippen molar-refractivity contribution in [3.05, 3.63) is 58.3 Å². The normalized spacial score (nSPS) is 10.3. The van der Waals surface area contributed by atoms with Crippen LogP contribution in [0.4, 0.5) is 14.5 Å². The van der Waals surface area contributed by atoms with Crippen molar-refractivity contribution in [1.82, 2.24) is 4.98 Å². The second kappa shape index (κ2) is 5.23. The molecule has 0 radical (unpaired) electrons. The Morgan fingerprint density at radius 3 is 2.76 bits per heavy atom. The lowest BCUT2D eigenvalue weighted by Crippen LogP contribution is -2.02. The van der Waals surface area contributed by atoms with E-state index in [0.29, 0.717) is 17.8 Å². The summed E-state index contributed by atoms with van der Waals surface area (Å²) in [4.78, 5) is 3.72. The first-order chi connectivity index (χ1) is 8.15. The van der Waals surface area contributed by atoms with Gasteiger partial charge < -0.3 is 5.32 Å². The number of benzene rings is 1. The average Bonchev–Trinajstić information content (AvgIpc) is 2.30. The molecule has 2 aromatic rings. The number of halogens is 3. The van der Waals surface area contributed by atoms with E-state index in [2.05, 4.69) is 26.2 Å². The first-order valence-electron chi connectivity index (χ1n) is 4.93. The van der Waals surface area contributed by atoms with Crippen LogP contribution in [-0.2, 0) is 6.54 Å². The SMILES string of the molecule is Fc1cncc(CNc2cc(Br)ccc2F)c1. The van der Waals surface area contributed by atoms with Gasteiger partial charge in [-0.25, -0.2) is 8.78 Å². The van der Waals surface area contributed by atoms with Gasteiger partial charge in [0.2, 0.25) is 0 Å². The van der Waals surface area contributed by atoms with Crippen LogP contribution in [0.15, 0.2) is 41.1 Å². The van der Waals surface area contributed by atoms with Crippen molar-refractivity contribution >= 4 is 21.6 Å². The number of nitrogens with one attached hydrogen (secondary N) is 1. The molecular formula is C12H9BrF2N2. The Hall–Kier alpha value is -1.49. The van der Waals surface area contributed by atoms with E-state index in [-0.39, 0.29) is 5.82 Å². The largest absolute Gasteiger partial charge is 0.379 e. The van der Waals surface area contributed by atoms with Crippen molar-refractivity contribution in [2.45, 2.75) is 6.54 Å². The highest BCUT2D eigenvalue weighted by Gasteiger charge is 2.03. The monoisotopic (exact) mass is 298 g/mol. The molecule has 88 valence electrons. The van der Waals surface area contributed by atoms with E-state index < -0.39 is 5.82 Å². The van der Waals surface area contributed by atoms with Gasteiger partial charge in [0.25, 0.3) is 0 Å². The number of nitrogens with zero attached hydrogens (tertiary/aromatic N) is 1. The van der Waals surface area contributed by atoms with Crippen LogP contribution in [0.25, 0.3) is 0 Å². The molecule has 0 bridgehead atoms. The van der Waals surface area contributed by atoms with Crippen LogP contribution >= 0.6 is 15.9 Å². The van der Waals surface area contributed by atoms with Crippen LogP contribution in [0.3, 0.4) is 0 Å². The van der Waals surface area contributed by atoms with Crippen LogP contribution in [0, 0.1) is 11.6 Å². The molecule has 1 heterocycles. The van der Waals surface area contributed by atoms with Gasteiger partial charge in [-0.2, -0.15) is 0 Å². The molecule has 1 aromatic heterocycles. The summed E-state index contributed by atoms with van der Waals surface area (Å²) in [5.41, 5.74) is 1.02. The molecule has 0 amide bonds. The van der Waals surface area contributed by atoms with E-state index in [1.165, 1.54) is 18.3 Å². The minimum Gasteiger partial charge on any atom is -0.379 e. The van der Waals surface area contributed by atoms with E-state index in [1.807, 2.05) is 0 Å². The van der Waals surface area contributed by atoms with Crippen molar-refractivity contribution in [2.24, 2.45) is 0 Å². The number of rotatable bonds is 3. The Kier molecular flexibility index (Phi) is 3.68. The maximum Gasteiger partial charge on any atom is 0.146 e. The van der Waals surface area contributed by atoms with Crippen LogP contribution < -0.4 is 5.32 Å². The zero-order chi connectivity index (χ0) is 12.3. The molecule has 0 aliphatic rings. The average molecular weight is 299 g/mol. The number of anilines is 1. The van der Waals surface area contributed by atoms with Crippen molar-refractivity contribution in [3.63, 3.8) is 0 Å². The summed E-state index contributed by atoms with van der Waals surface area (Å²) < 4.78 is 27.0. The maximum absolute atomic E-state index is 13.4. The van der Waals surface area contributed by atoms with Gasteiger partial charge in [0.05, 0.1) is 11.9 Å². The highest BCUT2D eigenvalue weighted by molar-refractivity contribution is 9.10. The number of hydrogen-bond acceptors (Lipinski definition) is 2. The second-order valence-electron chi connectivity index (χ2n) is 3.49. The van der Waals surface area contributed by atoms with E-state index in [0.717, 1.165) is 10.7 Å². The highest BCUT2D eigenvalue weighted by Crippen LogP contribution is 2.20. The van der Waals surface area contributed by atoms with Gasteiger partial charge in [0.1, 0.15) is 11.6 Å². The molecular weight excluding hydrogens is 290 g/mol. The Morgan fingerprint density at radius 1 is 1.18 bits per heavy atom. The Bertz CT molecular complexity index is 532. The molecule has 0 fully saturated rings. The van der Waals surface area contributed by atoms with Crippen molar-refractivity contribution in [3.8, 4) is 0 Å². The zero-order valence-electron chi connectivity index (χ0n) is 8.75. The van der Waals surface area contributed by atoms with E-state index in [9.17, 15) is 8.78 Å². The zero-order valence-corrected chi connectivity index (χ0v) is 10.3. The third kappa shape index (κ3) is 3.23. The van der Waals surface area contributed by atoms with Gasteiger partial charge in [0, 0.05) is 17.2 Å². The summed E-state index contributed by atoms with van der Waals surface area (Å²) in [5.74, 6) is -0.753. The lowest BCUT2D eigenvalue weighted by molar-refractivity contribution is 0.618. The van der Waals surface area contributed by atoms with Crippen molar-refractivity contribution < 1.29 is 8.78 Å². The summed E-state index contributed by atoms with van der Waals surface area (Å²) in [7, 11) is 0. The summed E-state index contributed by atoms with van der Waals surface area (Å²) in [6.45, 7) is 0.318. The Balaban J connectivity index is 2.09. The van der Waals surface area contributed by atoms with Crippen molar-refractivity contribution in [1.29, 1.82) is 0 Å². The molecule has 0 aliphatic heterocycles. The molecule has 17 heavy (non-hydrogen) atoms. The molecule has 2 rings (SSSR count). The number of hydrogen-bond donors (Lipinski definition) is 1.